The molecule has 1 aliphatic carbocycles. The second-order valence-corrected chi connectivity index (χ2v) is 10.3. The minimum atomic E-state index is -0.0804. The number of rotatable bonds is 10. The Morgan fingerprint density at radius 3 is 2.34 bits per heavy atom. The number of benzene rings is 1. The summed E-state index contributed by atoms with van der Waals surface area (Å²) in [4.78, 5) is 33.5. The topological polar surface area (TPSA) is 65.1 Å². The molecule has 2 saturated heterocycles. The first kappa shape index (κ1) is 26.1. The summed E-state index contributed by atoms with van der Waals surface area (Å²) < 4.78 is 5.42. The highest BCUT2D eigenvalue weighted by Crippen LogP contribution is 2.31. The molecule has 35 heavy (non-hydrogen) atoms. The first-order valence-corrected chi connectivity index (χ1v) is 13.8. The van der Waals surface area contributed by atoms with Crippen molar-refractivity contribution in [3.8, 4) is 0 Å². The van der Waals surface area contributed by atoms with Gasteiger partial charge in [-0.1, -0.05) is 50.1 Å². The van der Waals surface area contributed by atoms with Gasteiger partial charge in [-0.25, -0.2) is 0 Å². The Hall–Kier alpha value is -1.96. The van der Waals surface area contributed by atoms with E-state index in [1.807, 2.05) is 23.1 Å². The van der Waals surface area contributed by atoms with Gasteiger partial charge in [0, 0.05) is 45.8 Å². The third kappa shape index (κ3) is 7.05. The fraction of sp³-hybridized carbons (Fsp3) is 0.714. The summed E-state index contributed by atoms with van der Waals surface area (Å²) in [7, 11) is 0. The van der Waals surface area contributed by atoms with Crippen LogP contribution >= 0.6 is 0 Å². The number of hydrogen-bond donors (Lipinski definition) is 1. The summed E-state index contributed by atoms with van der Waals surface area (Å²) >= 11 is 0. The third-order valence-electron chi connectivity index (χ3n) is 8.10. The van der Waals surface area contributed by atoms with Crippen LogP contribution in [0.25, 0.3) is 0 Å². The Morgan fingerprint density at radius 2 is 1.69 bits per heavy atom. The monoisotopic (exact) mass is 484 g/mol. The lowest BCUT2D eigenvalue weighted by atomic mass is 9.93. The molecule has 7 heteroatoms. The summed E-state index contributed by atoms with van der Waals surface area (Å²) in [6.07, 6.45) is 6.50. The zero-order valence-electron chi connectivity index (χ0n) is 21.5. The minimum absolute atomic E-state index is 0.0609. The lowest BCUT2D eigenvalue weighted by Crippen LogP contribution is -2.58. The Balaban J connectivity index is 1.29. The molecule has 4 rings (SSSR count). The molecule has 3 aliphatic rings. The summed E-state index contributed by atoms with van der Waals surface area (Å²) in [5.74, 6) is 0.769. The van der Waals surface area contributed by atoms with Crippen molar-refractivity contribution in [3.63, 3.8) is 0 Å². The van der Waals surface area contributed by atoms with E-state index >= 15 is 0 Å². The van der Waals surface area contributed by atoms with E-state index in [0.29, 0.717) is 19.0 Å². The van der Waals surface area contributed by atoms with E-state index in [4.69, 9.17) is 4.74 Å². The van der Waals surface area contributed by atoms with E-state index in [2.05, 4.69) is 34.2 Å². The number of carbonyl (C=O) groups excluding carboxylic acids is 2. The van der Waals surface area contributed by atoms with Crippen molar-refractivity contribution >= 4 is 11.8 Å². The van der Waals surface area contributed by atoms with E-state index in [1.54, 1.807) is 0 Å². The molecule has 2 atom stereocenters. The Kier molecular flexibility index (Phi) is 9.98. The molecule has 7 nitrogen and oxygen atoms in total. The van der Waals surface area contributed by atoms with Gasteiger partial charge < -0.3 is 15.0 Å². The maximum absolute atomic E-state index is 13.4. The Morgan fingerprint density at radius 1 is 1.00 bits per heavy atom. The van der Waals surface area contributed by atoms with Crippen molar-refractivity contribution in [2.45, 2.75) is 57.4 Å². The second kappa shape index (κ2) is 13.4. The number of nitrogens with one attached hydrogen (secondary N) is 1. The largest absolute Gasteiger partial charge is 0.379 e. The first-order chi connectivity index (χ1) is 17.2. The molecule has 194 valence electrons. The van der Waals surface area contributed by atoms with Crippen molar-refractivity contribution in [2.75, 3.05) is 65.6 Å². The molecule has 2 amide bonds. The van der Waals surface area contributed by atoms with Crippen LogP contribution in [0, 0.1) is 5.92 Å². The Labute approximate surface area is 211 Å². The van der Waals surface area contributed by atoms with E-state index < -0.39 is 0 Å². The van der Waals surface area contributed by atoms with Gasteiger partial charge >= 0.3 is 0 Å². The maximum atomic E-state index is 13.4. The van der Waals surface area contributed by atoms with Crippen molar-refractivity contribution in [1.82, 2.24) is 20.0 Å². The molecule has 1 saturated carbocycles. The van der Waals surface area contributed by atoms with Crippen LogP contribution in [0.4, 0.5) is 0 Å². The van der Waals surface area contributed by atoms with Gasteiger partial charge in [0.2, 0.25) is 11.8 Å². The average Bonchev–Trinajstić information content (AvgIpc) is 3.43. The number of amides is 2. The zero-order valence-corrected chi connectivity index (χ0v) is 21.5. The Bertz CT molecular complexity index is 785. The van der Waals surface area contributed by atoms with E-state index in [0.717, 1.165) is 83.7 Å². The molecule has 0 unspecified atom stereocenters. The quantitative estimate of drug-likeness (QED) is 0.518. The van der Waals surface area contributed by atoms with E-state index in [9.17, 15) is 9.59 Å². The van der Waals surface area contributed by atoms with E-state index in [-0.39, 0.29) is 23.8 Å². The highest BCUT2D eigenvalue weighted by Gasteiger charge is 2.37. The zero-order chi connectivity index (χ0) is 24.5. The van der Waals surface area contributed by atoms with Crippen LogP contribution in [-0.2, 0) is 14.3 Å². The normalized spacial score (nSPS) is 22.1. The molecular formula is C28H44N4O3. The summed E-state index contributed by atoms with van der Waals surface area (Å²) in [6, 6.07) is 10.1. The molecule has 0 spiro atoms. The molecule has 0 bridgehead atoms. The average molecular weight is 485 g/mol. The van der Waals surface area contributed by atoms with Gasteiger partial charge in [-0.05, 0) is 43.7 Å². The number of piperazine rings is 1. The number of nitrogens with zero attached hydrogens (tertiary/aromatic N) is 3. The predicted octanol–water partition coefficient (Wildman–Crippen LogP) is 2.72. The van der Waals surface area contributed by atoms with Gasteiger partial charge in [0.1, 0.15) is 0 Å². The van der Waals surface area contributed by atoms with Crippen LogP contribution in [0.5, 0.6) is 0 Å². The van der Waals surface area contributed by atoms with Crippen molar-refractivity contribution in [2.24, 2.45) is 5.92 Å². The molecule has 0 aromatic heterocycles. The molecule has 3 fully saturated rings. The van der Waals surface area contributed by atoms with Crippen LogP contribution in [0.1, 0.15) is 56.9 Å². The number of ether oxygens (including phenoxy) is 1. The van der Waals surface area contributed by atoms with Crippen molar-refractivity contribution in [1.29, 1.82) is 0 Å². The highest BCUT2D eigenvalue weighted by atomic mass is 16.5. The van der Waals surface area contributed by atoms with Crippen LogP contribution in [-0.4, -0.2) is 98.1 Å². The van der Waals surface area contributed by atoms with Crippen LogP contribution < -0.4 is 5.32 Å². The number of morpholine rings is 1. The van der Waals surface area contributed by atoms with Crippen molar-refractivity contribution < 1.29 is 14.3 Å². The molecule has 2 heterocycles. The third-order valence-corrected chi connectivity index (χ3v) is 8.10. The predicted molar refractivity (Wildman–Crippen MR) is 138 cm³/mol. The molecular weight excluding hydrogens is 440 g/mol. The van der Waals surface area contributed by atoms with Crippen LogP contribution in [0.2, 0.25) is 0 Å². The number of hydrogen-bond acceptors (Lipinski definition) is 5. The summed E-state index contributed by atoms with van der Waals surface area (Å²) in [5.41, 5.74) is 1.10. The molecule has 0 radical (unpaired) electrons. The summed E-state index contributed by atoms with van der Waals surface area (Å²) in [5, 5.41) is 3.26. The molecule has 1 aromatic rings. The van der Waals surface area contributed by atoms with Gasteiger partial charge in [-0.3, -0.25) is 19.4 Å². The SMILES string of the molecule is CC[C@@H](C(=O)N1CCN([C@H](C(=O)NCCCN2CCOCC2)C2CCCC2)CC1)c1ccccc1. The van der Waals surface area contributed by atoms with Gasteiger partial charge in [-0.2, -0.15) is 0 Å². The van der Waals surface area contributed by atoms with Crippen LogP contribution in [0.3, 0.4) is 0 Å². The van der Waals surface area contributed by atoms with Crippen molar-refractivity contribution in [3.05, 3.63) is 35.9 Å². The van der Waals surface area contributed by atoms with Gasteiger partial charge in [0.05, 0.1) is 25.2 Å². The van der Waals surface area contributed by atoms with Gasteiger partial charge in [-0.15, -0.1) is 0 Å². The lowest BCUT2D eigenvalue weighted by molar-refractivity contribution is -0.136. The maximum Gasteiger partial charge on any atom is 0.237 e. The molecule has 1 aromatic carbocycles. The smallest absolute Gasteiger partial charge is 0.237 e. The minimum Gasteiger partial charge on any atom is -0.379 e. The first-order valence-electron chi connectivity index (χ1n) is 13.8. The molecule has 2 aliphatic heterocycles. The standard InChI is InChI=1S/C28H44N4O3/c1-2-25(23-9-4-3-5-10-23)28(34)32-17-15-31(16-18-32)26(24-11-6-7-12-24)27(33)29-13-8-14-30-19-21-35-22-20-30/h3-5,9-10,24-26H,2,6-8,11-22H2,1H3,(H,29,33)/t25-,26+/m1/s1. The second-order valence-electron chi connectivity index (χ2n) is 10.3. The highest BCUT2D eigenvalue weighted by molar-refractivity contribution is 5.84. The van der Waals surface area contributed by atoms with Gasteiger partial charge in [0.15, 0.2) is 0 Å². The lowest BCUT2D eigenvalue weighted by Gasteiger charge is -2.41. The fourth-order valence-electron chi connectivity index (χ4n) is 6.07. The summed E-state index contributed by atoms with van der Waals surface area (Å²) in [6.45, 7) is 10.4. The molecule has 1 N–H and O–H groups in total. The number of carbonyl (C=O) groups is 2. The van der Waals surface area contributed by atoms with Gasteiger partial charge in [0.25, 0.3) is 0 Å². The van der Waals surface area contributed by atoms with E-state index in [1.165, 1.54) is 12.8 Å². The fourth-order valence-corrected chi connectivity index (χ4v) is 6.07. The van der Waals surface area contributed by atoms with Crippen LogP contribution in [0.15, 0.2) is 30.3 Å².